The Morgan fingerprint density at radius 2 is 2.21 bits per heavy atom. The van der Waals surface area contributed by atoms with Crippen LogP contribution in [0, 0.1) is 0 Å². The van der Waals surface area contributed by atoms with E-state index in [1.807, 2.05) is 29.2 Å². The Hall–Kier alpha value is -2.69. The van der Waals surface area contributed by atoms with E-state index in [4.69, 9.17) is 0 Å². The minimum atomic E-state index is -0.0374. The Bertz CT molecular complexity index is 758. The Labute approximate surface area is 141 Å². The highest BCUT2D eigenvalue weighted by Crippen LogP contribution is 2.28. The lowest BCUT2D eigenvalue weighted by Gasteiger charge is -2.29. The average molecular weight is 323 g/mol. The molecule has 0 saturated heterocycles. The van der Waals surface area contributed by atoms with Crippen LogP contribution >= 0.6 is 0 Å². The van der Waals surface area contributed by atoms with Gasteiger partial charge in [0.1, 0.15) is 12.1 Å². The van der Waals surface area contributed by atoms with Gasteiger partial charge in [0.15, 0.2) is 0 Å². The molecule has 0 spiro atoms. The Kier molecular flexibility index (Phi) is 4.89. The van der Waals surface area contributed by atoms with Crippen LogP contribution in [0.1, 0.15) is 34.3 Å². The third kappa shape index (κ3) is 3.15. The number of nitrogens with one attached hydrogen (secondary N) is 1. The number of nitrogens with zero attached hydrogens (tertiary/aromatic N) is 2. The zero-order valence-electron chi connectivity index (χ0n) is 13.8. The molecule has 5 nitrogen and oxygen atoms in total. The first-order chi connectivity index (χ1) is 11.7. The van der Waals surface area contributed by atoms with Gasteiger partial charge in [0.25, 0.3) is 5.91 Å². The van der Waals surface area contributed by atoms with Crippen molar-refractivity contribution in [2.75, 3.05) is 23.8 Å². The van der Waals surface area contributed by atoms with Crippen molar-refractivity contribution < 1.29 is 9.59 Å². The fourth-order valence-electron chi connectivity index (χ4n) is 3.16. The first kappa shape index (κ1) is 16.2. The summed E-state index contributed by atoms with van der Waals surface area (Å²) < 4.78 is 0. The standard InChI is InChI=1S/C19H21N3O2/c1-20-18-15(8-5-11-23)12-16(13-21-18)19(24)22-10-4-7-14-6-2-3-9-17(14)22/h2-3,6,9,11-13H,4-5,7-8,10H2,1H3,(H,20,21). The van der Waals surface area contributed by atoms with Crippen LogP contribution < -0.4 is 10.2 Å². The van der Waals surface area contributed by atoms with E-state index in [9.17, 15) is 9.59 Å². The number of aromatic nitrogens is 1. The minimum Gasteiger partial charge on any atom is -0.373 e. The van der Waals surface area contributed by atoms with Gasteiger partial charge in [0.05, 0.1) is 5.56 Å². The molecule has 2 aromatic rings. The molecule has 0 bridgehead atoms. The van der Waals surface area contributed by atoms with Crippen molar-refractivity contribution in [3.8, 4) is 0 Å². The molecule has 5 heteroatoms. The zero-order chi connectivity index (χ0) is 16.9. The normalized spacial score (nSPS) is 13.3. The molecule has 0 aliphatic carbocycles. The predicted molar refractivity (Wildman–Crippen MR) is 94.6 cm³/mol. The molecule has 0 fully saturated rings. The molecule has 1 N–H and O–H groups in total. The number of anilines is 2. The van der Waals surface area contributed by atoms with E-state index in [1.165, 1.54) is 5.56 Å². The SMILES string of the molecule is CNc1ncc(C(=O)N2CCCc3ccccc32)cc1CCC=O. The molecule has 0 radical (unpaired) electrons. The number of fused-ring (bicyclic) bond motifs is 1. The summed E-state index contributed by atoms with van der Waals surface area (Å²) in [5.74, 6) is 0.678. The molecule has 1 aromatic carbocycles. The Morgan fingerprint density at radius 1 is 1.38 bits per heavy atom. The molecule has 1 aliphatic heterocycles. The van der Waals surface area contributed by atoms with Crippen LogP contribution in [0.4, 0.5) is 11.5 Å². The summed E-state index contributed by atoms with van der Waals surface area (Å²) in [5.41, 5.74) is 3.64. The lowest BCUT2D eigenvalue weighted by atomic mass is 10.0. The highest BCUT2D eigenvalue weighted by molar-refractivity contribution is 6.06. The second kappa shape index (κ2) is 7.25. The lowest BCUT2D eigenvalue weighted by molar-refractivity contribution is -0.107. The number of para-hydroxylation sites is 1. The third-order valence-corrected chi connectivity index (χ3v) is 4.34. The molecular formula is C19H21N3O2. The van der Waals surface area contributed by atoms with Crippen LogP contribution in [-0.4, -0.2) is 30.8 Å². The van der Waals surface area contributed by atoms with Gasteiger partial charge in [-0.05, 0) is 42.5 Å². The molecule has 124 valence electrons. The number of amides is 1. The largest absolute Gasteiger partial charge is 0.373 e. The second-order valence-electron chi connectivity index (χ2n) is 5.88. The summed E-state index contributed by atoms with van der Waals surface area (Å²) in [6, 6.07) is 9.89. The quantitative estimate of drug-likeness (QED) is 0.860. The molecule has 1 aromatic heterocycles. The first-order valence-corrected chi connectivity index (χ1v) is 8.24. The van der Waals surface area contributed by atoms with Gasteiger partial charge in [0.2, 0.25) is 0 Å². The van der Waals surface area contributed by atoms with Gasteiger partial charge in [0, 0.05) is 31.9 Å². The number of hydrogen-bond donors (Lipinski definition) is 1. The van der Waals surface area contributed by atoms with Crippen LogP contribution in [-0.2, 0) is 17.6 Å². The Morgan fingerprint density at radius 3 is 3.00 bits per heavy atom. The van der Waals surface area contributed by atoms with Crippen molar-refractivity contribution in [1.82, 2.24) is 4.98 Å². The third-order valence-electron chi connectivity index (χ3n) is 4.34. The van der Waals surface area contributed by atoms with E-state index < -0.39 is 0 Å². The van der Waals surface area contributed by atoms with E-state index in [2.05, 4.69) is 16.4 Å². The van der Waals surface area contributed by atoms with Crippen LogP contribution in [0.5, 0.6) is 0 Å². The van der Waals surface area contributed by atoms with Gasteiger partial charge >= 0.3 is 0 Å². The zero-order valence-corrected chi connectivity index (χ0v) is 13.8. The van der Waals surface area contributed by atoms with Crippen LogP contribution in [0.3, 0.4) is 0 Å². The number of hydrogen-bond acceptors (Lipinski definition) is 4. The van der Waals surface area contributed by atoms with E-state index in [0.717, 1.165) is 30.4 Å². The topological polar surface area (TPSA) is 62.3 Å². The van der Waals surface area contributed by atoms with Gasteiger partial charge in [-0.25, -0.2) is 4.98 Å². The molecule has 0 unspecified atom stereocenters. The minimum absolute atomic E-state index is 0.0374. The maximum Gasteiger partial charge on any atom is 0.259 e. The first-order valence-electron chi connectivity index (χ1n) is 8.24. The number of rotatable bonds is 5. The van der Waals surface area contributed by atoms with Gasteiger partial charge in [-0.1, -0.05) is 18.2 Å². The van der Waals surface area contributed by atoms with E-state index >= 15 is 0 Å². The maximum absolute atomic E-state index is 13.0. The summed E-state index contributed by atoms with van der Waals surface area (Å²) in [6.45, 7) is 0.716. The van der Waals surface area contributed by atoms with Gasteiger partial charge in [-0.15, -0.1) is 0 Å². The van der Waals surface area contributed by atoms with Crippen LogP contribution in [0.15, 0.2) is 36.5 Å². The van der Waals surface area contributed by atoms with Crippen molar-refractivity contribution in [2.24, 2.45) is 0 Å². The van der Waals surface area contributed by atoms with Crippen molar-refractivity contribution >= 4 is 23.7 Å². The summed E-state index contributed by atoms with van der Waals surface area (Å²) in [5, 5.41) is 3.01. The smallest absolute Gasteiger partial charge is 0.259 e. The molecular weight excluding hydrogens is 302 g/mol. The molecule has 0 atom stereocenters. The van der Waals surface area contributed by atoms with Crippen molar-refractivity contribution in [3.63, 3.8) is 0 Å². The number of benzene rings is 1. The summed E-state index contributed by atoms with van der Waals surface area (Å²) >= 11 is 0. The number of pyridine rings is 1. The predicted octanol–water partition coefficient (Wildman–Crippen LogP) is 2.85. The average Bonchev–Trinajstić information content (AvgIpc) is 2.65. The highest BCUT2D eigenvalue weighted by Gasteiger charge is 2.24. The summed E-state index contributed by atoms with van der Waals surface area (Å²) in [4.78, 5) is 29.8. The molecule has 1 amide bonds. The van der Waals surface area contributed by atoms with E-state index in [0.29, 0.717) is 30.8 Å². The second-order valence-corrected chi connectivity index (χ2v) is 5.88. The summed E-state index contributed by atoms with van der Waals surface area (Å²) in [6.07, 6.45) is 5.44. The van der Waals surface area contributed by atoms with Gasteiger partial charge in [-0.2, -0.15) is 0 Å². The van der Waals surface area contributed by atoms with Gasteiger partial charge < -0.3 is 15.0 Å². The summed E-state index contributed by atoms with van der Waals surface area (Å²) in [7, 11) is 1.79. The molecule has 0 saturated carbocycles. The number of aryl methyl sites for hydroxylation is 2. The van der Waals surface area contributed by atoms with Crippen molar-refractivity contribution in [3.05, 3.63) is 53.2 Å². The maximum atomic E-state index is 13.0. The van der Waals surface area contributed by atoms with Crippen molar-refractivity contribution in [2.45, 2.75) is 25.7 Å². The van der Waals surface area contributed by atoms with E-state index in [-0.39, 0.29) is 5.91 Å². The molecule has 1 aliphatic rings. The Balaban J connectivity index is 1.92. The van der Waals surface area contributed by atoms with Crippen molar-refractivity contribution in [1.29, 1.82) is 0 Å². The number of carbonyl (C=O) groups excluding carboxylic acids is 2. The fraction of sp³-hybridized carbons (Fsp3) is 0.316. The van der Waals surface area contributed by atoms with Gasteiger partial charge in [-0.3, -0.25) is 4.79 Å². The molecule has 3 rings (SSSR count). The number of aldehydes is 1. The van der Waals surface area contributed by atoms with Crippen LogP contribution in [0.25, 0.3) is 0 Å². The highest BCUT2D eigenvalue weighted by atomic mass is 16.2. The monoisotopic (exact) mass is 323 g/mol. The molecule has 2 heterocycles. The fourth-order valence-corrected chi connectivity index (χ4v) is 3.16. The molecule has 24 heavy (non-hydrogen) atoms. The van der Waals surface area contributed by atoms with Crippen LogP contribution in [0.2, 0.25) is 0 Å². The number of carbonyl (C=O) groups is 2. The lowest BCUT2D eigenvalue weighted by Crippen LogP contribution is -2.35. The van der Waals surface area contributed by atoms with E-state index in [1.54, 1.807) is 13.2 Å².